The van der Waals surface area contributed by atoms with Crippen molar-refractivity contribution in [3.05, 3.63) is 94.7 Å². The Morgan fingerprint density at radius 1 is 1.17 bits per heavy atom. The molecular weight excluding hydrogens is 367 g/mol. The topological polar surface area (TPSA) is 41.7 Å². The Hall–Kier alpha value is -3.26. The summed E-state index contributed by atoms with van der Waals surface area (Å²) in [7, 11) is 0. The Balaban J connectivity index is 1.83. The van der Waals surface area contributed by atoms with Crippen LogP contribution in [0.3, 0.4) is 0 Å². The molecule has 0 bridgehead atoms. The molecule has 1 heterocycles. The molecule has 1 saturated heterocycles. The number of halogens is 1. The number of carbonyl (C=O) groups excluding carboxylic acids is 2. The number of hydrogen-bond donors (Lipinski definition) is 0. The molecule has 1 amide bonds. The Morgan fingerprint density at radius 2 is 1.93 bits per heavy atom. The number of ketones is 1. The first kappa shape index (κ1) is 19.1. The molecule has 4 nitrogen and oxygen atoms in total. The summed E-state index contributed by atoms with van der Waals surface area (Å²) in [6.07, 6.45) is 2.23. The third-order valence-electron chi connectivity index (χ3n) is 6.20. The van der Waals surface area contributed by atoms with Gasteiger partial charge in [0.1, 0.15) is 5.82 Å². The fourth-order valence-electron chi connectivity index (χ4n) is 4.79. The molecule has 3 atom stereocenters. The molecule has 0 N–H and O–H groups in total. The molecule has 2 aromatic rings. The van der Waals surface area contributed by atoms with Crippen LogP contribution in [0.15, 0.2) is 66.4 Å². The average Bonchev–Trinajstić information content (AvgIpc) is 2.73. The molecule has 1 fully saturated rings. The van der Waals surface area contributed by atoms with Gasteiger partial charge in [-0.2, -0.15) is 0 Å². The molecule has 0 aromatic heterocycles. The van der Waals surface area contributed by atoms with Crippen molar-refractivity contribution in [1.29, 1.82) is 0 Å². The minimum absolute atomic E-state index is 0.0264. The van der Waals surface area contributed by atoms with E-state index >= 15 is 0 Å². The van der Waals surface area contributed by atoms with Gasteiger partial charge in [-0.15, -0.1) is 0 Å². The van der Waals surface area contributed by atoms with Gasteiger partial charge in [0.25, 0.3) is 0 Å². The predicted octanol–water partition coefficient (Wildman–Crippen LogP) is 4.13. The highest BCUT2D eigenvalue weighted by atomic mass is 19.1. The largest absolute Gasteiger partial charge is 0.337 e. The van der Waals surface area contributed by atoms with Gasteiger partial charge in [0.15, 0.2) is 5.78 Å². The molecule has 0 spiro atoms. The lowest BCUT2D eigenvalue weighted by Gasteiger charge is -2.50. The Kier molecular flexibility index (Phi) is 4.79. The summed E-state index contributed by atoms with van der Waals surface area (Å²) in [4.78, 5) is 31.7. The highest BCUT2D eigenvalue weighted by molar-refractivity contribution is 6.04. The van der Waals surface area contributed by atoms with E-state index in [2.05, 4.69) is 4.85 Å². The van der Waals surface area contributed by atoms with Gasteiger partial charge in [-0.05, 0) is 35.6 Å². The number of hydrogen-bond acceptors (Lipinski definition) is 2. The zero-order valence-corrected chi connectivity index (χ0v) is 16.1. The lowest BCUT2D eigenvalue weighted by molar-refractivity contribution is -0.145. The molecule has 4 rings (SSSR count). The predicted molar refractivity (Wildman–Crippen MR) is 107 cm³/mol. The van der Waals surface area contributed by atoms with Crippen LogP contribution in [-0.4, -0.2) is 23.1 Å². The Bertz CT molecular complexity index is 1040. The Labute approximate surface area is 169 Å². The van der Waals surface area contributed by atoms with E-state index in [0.29, 0.717) is 25.1 Å². The van der Waals surface area contributed by atoms with Crippen LogP contribution < -0.4 is 0 Å². The van der Waals surface area contributed by atoms with Crippen LogP contribution in [0, 0.1) is 24.2 Å². The molecule has 1 aliphatic heterocycles. The summed E-state index contributed by atoms with van der Waals surface area (Å²) in [6.45, 7) is 10.1. The highest BCUT2D eigenvalue weighted by Crippen LogP contribution is 2.49. The second-order valence-corrected chi connectivity index (χ2v) is 7.78. The van der Waals surface area contributed by atoms with Gasteiger partial charge in [0.2, 0.25) is 11.6 Å². The fraction of sp³-hybridized carbons (Fsp3) is 0.292. The molecule has 1 aliphatic carbocycles. The Morgan fingerprint density at radius 3 is 2.62 bits per heavy atom. The molecule has 146 valence electrons. The maximum Gasteiger partial charge on any atom is 0.236 e. The van der Waals surface area contributed by atoms with E-state index in [1.54, 1.807) is 23.1 Å². The minimum Gasteiger partial charge on any atom is -0.337 e. The summed E-state index contributed by atoms with van der Waals surface area (Å²) in [6, 6.07) is 15.6. The van der Waals surface area contributed by atoms with Gasteiger partial charge in [-0.25, -0.2) is 9.24 Å². The van der Waals surface area contributed by atoms with Crippen LogP contribution in [0.1, 0.15) is 24.5 Å². The first-order valence-corrected chi connectivity index (χ1v) is 9.71. The molecule has 2 aliphatic rings. The summed E-state index contributed by atoms with van der Waals surface area (Å²) < 4.78 is 13.6. The fourth-order valence-corrected chi connectivity index (χ4v) is 4.79. The second kappa shape index (κ2) is 7.29. The molecule has 0 saturated carbocycles. The van der Waals surface area contributed by atoms with Crippen molar-refractivity contribution in [1.82, 2.24) is 4.90 Å². The van der Waals surface area contributed by atoms with E-state index in [1.807, 2.05) is 37.3 Å². The molecular formula is C24H21FN2O2. The third-order valence-corrected chi connectivity index (χ3v) is 6.20. The number of rotatable bonds is 3. The number of carbonyl (C=O) groups is 2. The third kappa shape index (κ3) is 3.05. The summed E-state index contributed by atoms with van der Waals surface area (Å²) >= 11 is 0. The lowest BCUT2D eigenvalue weighted by Crippen LogP contribution is -2.59. The first-order chi connectivity index (χ1) is 14.0. The van der Waals surface area contributed by atoms with Crippen molar-refractivity contribution in [2.75, 3.05) is 6.54 Å². The number of piperidine rings is 1. The van der Waals surface area contributed by atoms with E-state index < -0.39 is 11.3 Å². The maximum atomic E-state index is 13.9. The number of Topliss-reactive ketones (excluding diaryl/α,β-unsaturated/α-hetero) is 1. The van der Waals surface area contributed by atoms with Crippen LogP contribution in [0.25, 0.3) is 4.85 Å². The molecule has 0 radical (unpaired) electrons. The molecule has 0 unspecified atom stereocenters. The van der Waals surface area contributed by atoms with Crippen LogP contribution in [0.4, 0.5) is 4.39 Å². The van der Waals surface area contributed by atoms with Crippen molar-refractivity contribution in [2.24, 2.45) is 11.8 Å². The molecule has 29 heavy (non-hydrogen) atoms. The number of allylic oxidation sites excluding steroid dienone is 1. The van der Waals surface area contributed by atoms with Gasteiger partial charge < -0.3 is 9.69 Å². The SMILES string of the molecule is [C-]#[N+]C1=C[C@]2(c3ccccc3)C(=O)N(Cc3cccc(F)c3)CC[C@H]2[C@H](C)C1=O. The van der Waals surface area contributed by atoms with Crippen LogP contribution in [-0.2, 0) is 21.5 Å². The summed E-state index contributed by atoms with van der Waals surface area (Å²) in [5, 5.41) is 0. The number of amides is 1. The standard InChI is InChI=1S/C24H21FN2O2/c1-16-20-11-12-27(15-17-7-6-10-19(25)13-17)23(29)24(20,14-21(26-2)22(16)28)18-8-4-3-5-9-18/h3-10,13-14,16,20H,11-12,15H2,1H3/t16-,20-,24+/m0/s1. The van der Waals surface area contributed by atoms with E-state index in [1.165, 1.54) is 12.1 Å². The lowest BCUT2D eigenvalue weighted by atomic mass is 9.58. The van der Waals surface area contributed by atoms with Crippen molar-refractivity contribution >= 4 is 11.7 Å². The summed E-state index contributed by atoms with van der Waals surface area (Å²) in [5.74, 6) is -1.29. The van der Waals surface area contributed by atoms with Crippen LogP contribution >= 0.6 is 0 Å². The van der Waals surface area contributed by atoms with Crippen molar-refractivity contribution in [3.8, 4) is 0 Å². The van der Waals surface area contributed by atoms with Gasteiger partial charge in [-0.1, -0.05) is 55.5 Å². The zero-order valence-electron chi connectivity index (χ0n) is 16.1. The van der Waals surface area contributed by atoms with E-state index in [4.69, 9.17) is 6.57 Å². The first-order valence-electron chi connectivity index (χ1n) is 9.71. The average molecular weight is 388 g/mol. The van der Waals surface area contributed by atoms with Crippen molar-refractivity contribution < 1.29 is 14.0 Å². The quantitative estimate of drug-likeness (QED) is 0.742. The number of likely N-dealkylation sites (tertiary alicyclic amines) is 1. The van der Waals surface area contributed by atoms with Gasteiger partial charge in [0.05, 0.1) is 12.0 Å². The zero-order chi connectivity index (χ0) is 20.6. The number of fused-ring (bicyclic) bond motifs is 1. The molecule has 5 heteroatoms. The maximum absolute atomic E-state index is 13.9. The smallest absolute Gasteiger partial charge is 0.236 e. The number of nitrogens with zero attached hydrogens (tertiary/aromatic N) is 2. The van der Waals surface area contributed by atoms with Crippen molar-refractivity contribution in [2.45, 2.75) is 25.3 Å². The second-order valence-electron chi connectivity index (χ2n) is 7.78. The highest BCUT2D eigenvalue weighted by Gasteiger charge is 2.56. The minimum atomic E-state index is -1.06. The van der Waals surface area contributed by atoms with Crippen molar-refractivity contribution in [3.63, 3.8) is 0 Å². The van der Waals surface area contributed by atoms with Gasteiger partial charge >= 0.3 is 0 Å². The van der Waals surface area contributed by atoms with E-state index in [-0.39, 0.29) is 29.1 Å². The van der Waals surface area contributed by atoms with Crippen LogP contribution in [0.5, 0.6) is 0 Å². The van der Waals surface area contributed by atoms with Gasteiger partial charge in [-0.3, -0.25) is 4.79 Å². The van der Waals surface area contributed by atoms with Crippen LogP contribution in [0.2, 0.25) is 0 Å². The molecule has 2 aromatic carbocycles. The normalized spacial score (nSPS) is 26.5. The van der Waals surface area contributed by atoms with E-state index in [9.17, 15) is 14.0 Å². The monoisotopic (exact) mass is 388 g/mol. The number of benzene rings is 2. The summed E-state index contributed by atoms with van der Waals surface area (Å²) in [5.41, 5.74) is 0.479. The van der Waals surface area contributed by atoms with E-state index in [0.717, 1.165) is 5.56 Å². The van der Waals surface area contributed by atoms with Gasteiger partial charge in [0, 0.05) is 19.0 Å².